The van der Waals surface area contributed by atoms with Gasteiger partial charge in [-0.25, -0.2) is 0 Å². The van der Waals surface area contributed by atoms with Crippen LogP contribution in [0, 0.1) is 6.92 Å². The molecule has 1 atom stereocenters. The lowest BCUT2D eigenvalue weighted by Gasteiger charge is -2.18. The minimum Gasteiger partial charge on any atom is -0.382 e. The Hall–Kier alpha value is -1.72. The van der Waals surface area contributed by atoms with Gasteiger partial charge in [-0.05, 0) is 25.0 Å². The maximum Gasteiger partial charge on any atom is 0.231 e. The van der Waals surface area contributed by atoms with Gasteiger partial charge in [-0.15, -0.1) is 0 Å². The first kappa shape index (κ1) is 13.7. The summed E-state index contributed by atoms with van der Waals surface area (Å²) < 4.78 is 10.3. The molecule has 5 nitrogen and oxygen atoms in total. The Kier molecular flexibility index (Phi) is 3.97. The Morgan fingerprint density at radius 1 is 1.37 bits per heavy atom. The highest BCUT2D eigenvalue weighted by molar-refractivity contribution is 5.27. The highest BCUT2D eigenvalue weighted by Gasteiger charge is 2.27. The number of nitrogens with two attached hydrogens (primary N) is 1. The van der Waals surface area contributed by atoms with Gasteiger partial charge in [0.15, 0.2) is 5.82 Å². The number of hydrogen-bond acceptors (Lipinski definition) is 5. The summed E-state index contributed by atoms with van der Waals surface area (Å²) in [5.41, 5.74) is 7.71. The number of aromatic nitrogens is 2. The molecule has 1 unspecified atom stereocenters. The first-order chi connectivity index (χ1) is 9.03. The van der Waals surface area contributed by atoms with Crippen LogP contribution in [0.3, 0.4) is 0 Å². The zero-order valence-electron chi connectivity index (χ0n) is 11.5. The van der Waals surface area contributed by atoms with Crippen LogP contribution in [0.2, 0.25) is 0 Å². The summed E-state index contributed by atoms with van der Waals surface area (Å²) in [5.74, 6) is 1.04. The second-order valence-corrected chi connectivity index (χ2v) is 4.97. The van der Waals surface area contributed by atoms with Crippen molar-refractivity contribution >= 4 is 0 Å². The number of rotatable bonds is 5. The van der Waals surface area contributed by atoms with Crippen molar-refractivity contribution < 1.29 is 9.26 Å². The quantitative estimate of drug-likeness (QED) is 0.888. The van der Waals surface area contributed by atoms with E-state index in [4.69, 9.17) is 15.0 Å². The van der Waals surface area contributed by atoms with E-state index >= 15 is 0 Å². The number of aryl methyl sites for hydroxylation is 1. The molecule has 0 fully saturated rings. The first-order valence-corrected chi connectivity index (χ1v) is 6.18. The van der Waals surface area contributed by atoms with Crippen molar-refractivity contribution in [1.82, 2.24) is 10.1 Å². The highest BCUT2D eigenvalue weighted by Crippen LogP contribution is 2.17. The van der Waals surface area contributed by atoms with Crippen LogP contribution < -0.4 is 5.73 Å². The van der Waals surface area contributed by atoms with Crippen molar-refractivity contribution in [2.24, 2.45) is 5.73 Å². The topological polar surface area (TPSA) is 74.2 Å². The molecule has 2 N–H and O–H groups in total. The fraction of sp³-hybridized carbons (Fsp3) is 0.429. The number of benzene rings is 1. The van der Waals surface area contributed by atoms with Crippen LogP contribution in [0.4, 0.5) is 0 Å². The zero-order valence-corrected chi connectivity index (χ0v) is 11.5. The summed E-state index contributed by atoms with van der Waals surface area (Å²) in [5, 5.41) is 3.94. The minimum atomic E-state index is -0.734. The monoisotopic (exact) mass is 261 g/mol. The zero-order chi connectivity index (χ0) is 13.9. The molecule has 0 aliphatic carbocycles. The van der Waals surface area contributed by atoms with Gasteiger partial charge in [0.1, 0.15) is 5.54 Å². The van der Waals surface area contributed by atoms with E-state index in [0.717, 1.165) is 0 Å². The summed E-state index contributed by atoms with van der Waals surface area (Å²) in [4.78, 5) is 4.35. The standard InChI is InChI=1S/C14H19N3O2/c1-10-6-4-5-7-11(10)8-12-16-13(17-19-12)14(2,15)9-18-3/h4-7H,8-9,15H2,1-3H3. The molecule has 0 saturated carbocycles. The Morgan fingerprint density at radius 2 is 2.11 bits per heavy atom. The SMILES string of the molecule is COCC(C)(N)c1noc(Cc2ccccc2C)n1. The molecular weight excluding hydrogens is 242 g/mol. The van der Waals surface area contributed by atoms with E-state index in [1.807, 2.05) is 19.1 Å². The molecule has 0 aliphatic rings. The molecule has 0 saturated heterocycles. The molecule has 0 bridgehead atoms. The normalized spacial score (nSPS) is 14.3. The van der Waals surface area contributed by atoms with E-state index in [1.165, 1.54) is 11.1 Å². The Bertz CT molecular complexity index is 549. The fourth-order valence-electron chi connectivity index (χ4n) is 1.89. The number of methoxy groups -OCH3 is 1. The third-order valence-electron chi connectivity index (χ3n) is 3.03. The maximum absolute atomic E-state index is 6.08. The van der Waals surface area contributed by atoms with Crippen molar-refractivity contribution in [3.8, 4) is 0 Å². The largest absolute Gasteiger partial charge is 0.382 e. The van der Waals surface area contributed by atoms with Crippen LogP contribution in [0.1, 0.15) is 29.8 Å². The molecule has 1 aromatic heterocycles. The maximum atomic E-state index is 6.08. The van der Waals surface area contributed by atoms with Gasteiger partial charge < -0.3 is 15.0 Å². The molecule has 102 valence electrons. The van der Waals surface area contributed by atoms with Crippen molar-refractivity contribution in [2.45, 2.75) is 25.8 Å². The third kappa shape index (κ3) is 3.19. The second-order valence-electron chi connectivity index (χ2n) is 4.97. The van der Waals surface area contributed by atoms with Crippen molar-refractivity contribution in [3.05, 3.63) is 47.1 Å². The van der Waals surface area contributed by atoms with Gasteiger partial charge in [0.25, 0.3) is 0 Å². The van der Waals surface area contributed by atoms with Gasteiger partial charge in [-0.2, -0.15) is 4.98 Å². The van der Waals surface area contributed by atoms with Crippen LogP contribution in [0.15, 0.2) is 28.8 Å². The molecule has 2 aromatic rings. The molecule has 0 amide bonds. The van der Waals surface area contributed by atoms with Gasteiger partial charge in [0.05, 0.1) is 13.0 Å². The molecule has 0 aliphatic heterocycles. The van der Waals surface area contributed by atoms with Crippen LogP contribution >= 0.6 is 0 Å². The molecule has 1 heterocycles. The number of hydrogen-bond donors (Lipinski definition) is 1. The van der Waals surface area contributed by atoms with Crippen molar-refractivity contribution in [2.75, 3.05) is 13.7 Å². The second kappa shape index (κ2) is 5.50. The van der Waals surface area contributed by atoms with Crippen molar-refractivity contribution in [1.29, 1.82) is 0 Å². The summed E-state index contributed by atoms with van der Waals surface area (Å²) in [6.07, 6.45) is 0.614. The summed E-state index contributed by atoms with van der Waals surface area (Å²) in [6, 6.07) is 8.12. The van der Waals surface area contributed by atoms with Crippen LogP contribution in [0.5, 0.6) is 0 Å². The predicted molar refractivity (Wildman–Crippen MR) is 71.7 cm³/mol. The predicted octanol–water partition coefficient (Wildman–Crippen LogP) is 1.79. The van der Waals surface area contributed by atoms with E-state index in [1.54, 1.807) is 7.11 Å². The van der Waals surface area contributed by atoms with Gasteiger partial charge in [0, 0.05) is 7.11 Å². The van der Waals surface area contributed by atoms with Crippen LogP contribution in [0.25, 0.3) is 0 Å². The lowest BCUT2D eigenvalue weighted by atomic mass is 10.0. The molecular formula is C14H19N3O2. The molecule has 0 spiro atoms. The van der Waals surface area contributed by atoms with Gasteiger partial charge in [-0.1, -0.05) is 29.4 Å². The average Bonchev–Trinajstić information content (AvgIpc) is 2.81. The van der Waals surface area contributed by atoms with E-state index in [9.17, 15) is 0 Å². The van der Waals surface area contributed by atoms with E-state index in [-0.39, 0.29) is 0 Å². The smallest absolute Gasteiger partial charge is 0.231 e. The summed E-state index contributed by atoms with van der Waals surface area (Å²) >= 11 is 0. The number of ether oxygens (including phenoxy) is 1. The molecule has 2 rings (SSSR count). The Balaban J connectivity index is 2.16. The molecule has 5 heteroatoms. The van der Waals surface area contributed by atoms with Gasteiger partial charge >= 0.3 is 0 Å². The van der Waals surface area contributed by atoms with Gasteiger partial charge in [0.2, 0.25) is 5.89 Å². The lowest BCUT2D eigenvalue weighted by molar-refractivity contribution is 0.135. The third-order valence-corrected chi connectivity index (χ3v) is 3.03. The van der Waals surface area contributed by atoms with Crippen molar-refractivity contribution in [3.63, 3.8) is 0 Å². The Morgan fingerprint density at radius 3 is 2.79 bits per heavy atom. The van der Waals surface area contributed by atoms with Gasteiger partial charge in [-0.3, -0.25) is 0 Å². The number of nitrogens with zero attached hydrogens (tertiary/aromatic N) is 2. The first-order valence-electron chi connectivity index (χ1n) is 6.18. The van der Waals surface area contributed by atoms with E-state index in [2.05, 4.69) is 29.2 Å². The molecule has 19 heavy (non-hydrogen) atoms. The molecule has 1 aromatic carbocycles. The van der Waals surface area contributed by atoms with Crippen LogP contribution in [-0.2, 0) is 16.7 Å². The minimum absolute atomic E-state index is 0.344. The highest BCUT2D eigenvalue weighted by atomic mass is 16.5. The fourth-order valence-corrected chi connectivity index (χ4v) is 1.89. The summed E-state index contributed by atoms with van der Waals surface area (Å²) in [7, 11) is 1.60. The van der Waals surface area contributed by atoms with E-state index in [0.29, 0.717) is 24.7 Å². The van der Waals surface area contributed by atoms with Crippen LogP contribution in [-0.4, -0.2) is 23.9 Å². The Labute approximate surface area is 112 Å². The summed E-state index contributed by atoms with van der Waals surface area (Å²) in [6.45, 7) is 4.22. The molecule has 0 radical (unpaired) electrons. The average molecular weight is 261 g/mol. The lowest BCUT2D eigenvalue weighted by Crippen LogP contribution is -2.39. The van der Waals surface area contributed by atoms with E-state index < -0.39 is 5.54 Å².